The highest BCUT2D eigenvalue weighted by atomic mass is 16.5. The van der Waals surface area contributed by atoms with Gasteiger partial charge in [0.2, 0.25) is 6.39 Å². The van der Waals surface area contributed by atoms with Gasteiger partial charge in [0.05, 0.1) is 0 Å². The fourth-order valence-electron chi connectivity index (χ4n) is 1.54. The van der Waals surface area contributed by atoms with Gasteiger partial charge in [-0.3, -0.25) is 0 Å². The average Bonchev–Trinajstić information content (AvgIpc) is 2.59. The molecular formula is C7H10N2O. The Hall–Kier alpha value is -0.860. The SMILES string of the molecule is c1nc(C2CCCC2)no1. The lowest BCUT2D eigenvalue weighted by molar-refractivity contribution is 0.404. The van der Waals surface area contributed by atoms with Crippen LogP contribution in [0.1, 0.15) is 37.4 Å². The maximum Gasteiger partial charge on any atom is 0.213 e. The number of hydrogen-bond acceptors (Lipinski definition) is 3. The van der Waals surface area contributed by atoms with E-state index in [2.05, 4.69) is 14.7 Å². The maximum absolute atomic E-state index is 4.67. The van der Waals surface area contributed by atoms with Gasteiger partial charge in [-0.05, 0) is 12.8 Å². The molecule has 0 spiro atoms. The van der Waals surface area contributed by atoms with Crippen LogP contribution in [-0.2, 0) is 0 Å². The van der Waals surface area contributed by atoms with Gasteiger partial charge in [-0.2, -0.15) is 4.98 Å². The minimum Gasteiger partial charge on any atom is -0.343 e. The first-order valence-corrected chi connectivity index (χ1v) is 3.73. The molecule has 3 nitrogen and oxygen atoms in total. The Bertz CT molecular complexity index is 189. The van der Waals surface area contributed by atoms with Crippen molar-refractivity contribution >= 4 is 0 Å². The molecule has 0 unspecified atom stereocenters. The van der Waals surface area contributed by atoms with Crippen molar-refractivity contribution in [1.29, 1.82) is 0 Å². The first-order valence-electron chi connectivity index (χ1n) is 3.73. The lowest BCUT2D eigenvalue weighted by Crippen LogP contribution is -1.93. The molecule has 0 atom stereocenters. The van der Waals surface area contributed by atoms with Gasteiger partial charge in [-0.25, -0.2) is 0 Å². The van der Waals surface area contributed by atoms with Crippen LogP contribution in [0.4, 0.5) is 0 Å². The zero-order valence-electron chi connectivity index (χ0n) is 5.79. The molecular weight excluding hydrogens is 128 g/mol. The Morgan fingerprint density at radius 2 is 2.20 bits per heavy atom. The topological polar surface area (TPSA) is 38.9 Å². The van der Waals surface area contributed by atoms with E-state index in [4.69, 9.17) is 0 Å². The van der Waals surface area contributed by atoms with E-state index < -0.39 is 0 Å². The summed E-state index contributed by atoms with van der Waals surface area (Å²) in [5.74, 6) is 1.48. The van der Waals surface area contributed by atoms with E-state index in [1.165, 1.54) is 32.1 Å². The maximum atomic E-state index is 4.67. The van der Waals surface area contributed by atoms with Crippen molar-refractivity contribution in [2.45, 2.75) is 31.6 Å². The van der Waals surface area contributed by atoms with Crippen LogP contribution in [0, 0.1) is 0 Å². The van der Waals surface area contributed by atoms with E-state index in [-0.39, 0.29) is 0 Å². The van der Waals surface area contributed by atoms with Gasteiger partial charge in [0.1, 0.15) is 0 Å². The summed E-state index contributed by atoms with van der Waals surface area (Å²) in [4.78, 5) is 4.02. The second kappa shape index (κ2) is 2.40. The largest absolute Gasteiger partial charge is 0.343 e. The lowest BCUT2D eigenvalue weighted by Gasteiger charge is -1.98. The first-order chi connectivity index (χ1) is 4.97. The summed E-state index contributed by atoms with van der Waals surface area (Å²) in [6.45, 7) is 0. The lowest BCUT2D eigenvalue weighted by atomic mass is 10.1. The van der Waals surface area contributed by atoms with Crippen molar-refractivity contribution in [3.63, 3.8) is 0 Å². The Morgan fingerprint density at radius 3 is 2.80 bits per heavy atom. The summed E-state index contributed by atoms with van der Waals surface area (Å²) in [5.41, 5.74) is 0. The molecule has 0 aromatic carbocycles. The van der Waals surface area contributed by atoms with E-state index in [1.54, 1.807) is 0 Å². The second-order valence-electron chi connectivity index (χ2n) is 2.77. The van der Waals surface area contributed by atoms with E-state index in [0.29, 0.717) is 5.92 Å². The molecule has 0 saturated heterocycles. The van der Waals surface area contributed by atoms with Gasteiger partial charge in [0.25, 0.3) is 0 Å². The quantitative estimate of drug-likeness (QED) is 0.593. The third-order valence-corrected chi connectivity index (χ3v) is 2.10. The van der Waals surface area contributed by atoms with Crippen LogP contribution in [0.2, 0.25) is 0 Å². The molecule has 1 aromatic rings. The van der Waals surface area contributed by atoms with Gasteiger partial charge in [0, 0.05) is 5.92 Å². The Kier molecular flexibility index (Phi) is 1.42. The van der Waals surface area contributed by atoms with Gasteiger partial charge >= 0.3 is 0 Å². The summed E-state index contributed by atoms with van der Waals surface area (Å²) < 4.78 is 4.67. The van der Waals surface area contributed by atoms with E-state index in [9.17, 15) is 0 Å². The Balaban J connectivity index is 2.12. The van der Waals surface area contributed by atoms with Crippen molar-refractivity contribution in [3.05, 3.63) is 12.2 Å². The van der Waals surface area contributed by atoms with Crippen LogP contribution < -0.4 is 0 Å². The van der Waals surface area contributed by atoms with Gasteiger partial charge in [0.15, 0.2) is 5.82 Å². The number of rotatable bonds is 1. The first kappa shape index (κ1) is 5.89. The van der Waals surface area contributed by atoms with Crippen molar-refractivity contribution in [2.75, 3.05) is 0 Å². The molecule has 1 fully saturated rings. The molecule has 0 aliphatic heterocycles. The summed E-state index contributed by atoms with van der Waals surface area (Å²) >= 11 is 0. The van der Waals surface area contributed by atoms with Crippen molar-refractivity contribution < 1.29 is 4.52 Å². The molecule has 1 aliphatic carbocycles. The number of aromatic nitrogens is 2. The molecule has 54 valence electrons. The Labute approximate surface area is 59.4 Å². The molecule has 3 heteroatoms. The molecule has 2 rings (SSSR count). The van der Waals surface area contributed by atoms with E-state index in [0.717, 1.165) is 5.82 Å². The molecule has 0 radical (unpaired) electrons. The number of nitrogens with zero attached hydrogens (tertiary/aromatic N) is 2. The van der Waals surface area contributed by atoms with E-state index >= 15 is 0 Å². The zero-order chi connectivity index (χ0) is 6.81. The molecule has 1 saturated carbocycles. The fraction of sp³-hybridized carbons (Fsp3) is 0.714. The normalized spacial score (nSPS) is 20.0. The van der Waals surface area contributed by atoms with Gasteiger partial charge < -0.3 is 4.52 Å². The highest BCUT2D eigenvalue weighted by molar-refractivity contribution is 4.94. The molecule has 1 aromatic heterocycles. The third kappa shape index (κ3) is 0.916. The van der Waals surface area contributed by atoms with Crippen LogP contribution in [0.3, 0.4) is 0 Å². The van der Waals surface area contributed by atoms with Gasteiger partial charge in [-0.15, -0.1) is 0 Å². The highest BCUT2D eigenvalue weighted by Crippen LogP contribution is 2.31. The molecule has 0 amide bonds. The van der Waals surface area contributed by atoms with Gasteiger partial charge in [-0.1, -0.05) is 18.0 Å². The average molecular weight is 138 g/mol. The van der Waals surface area contributed by atoms with Crippen molar-refractivity contribution in [3.8, 4) is 0 Å². The number of hydrogen-bond donors (Lipinski definition) is 0. The molecule has 0 bridgehead atoms. The predicted molar refractivity (Wildman–Crippen MR) is 35.5 cm³/mol. The third-order valence-electron chi connectivity index (χ3n) is 2.10. The summed E-state index contributed by atoms with van der Waals surface area (Å²) in [5, 5.41) is 3.81. The molecule has 1 aliphatic rings. The van der Waals surface area contributed by atoms with Crippen molar-refractivity contribution in [2.24, 2.45) is 0 Å². The predicted octanol–water partition coefficient (Wildman–Crippen LogP) is 1.73. The van der Waals surface area contributed by atoms with Crippen LogP contribution in [0.25, 0.3) is 0 Å². The van der Waals surface area contributed by atoms with Crippen LogP contribution in [-0.4, -0.2) is 10.1 Å². The van der Waals surface area contributed by atoms with Crippen LogP contribution in [0.15, 0.2) is 10.9 Å². The smallest absolute Gasteiger partial charge is 0.213 e. The van der Waals surface area contributed by atoms with Crippen LogP contribution >= 0.6 is 0 Å². The van der Waals surface area contributed by atoms with Crippen LogP contribution in [0.5, 0.6) is 0 Å². The summed E-state index contributed by atoms with van der Waals surface area (Å²) in [6.07, 6.45) is 6.52. The molecule has 1 heterocycles. The minimum absolute atomic E-state index is 0.582. The molecule has 10 heavy (non-hydrogen) atoms. The molecule has 0 N–H and O–H groups in total. The highest BCUT2D eigenvalue weighted by Gasteiger charge is 2.20. The Morgan fingerprint density at radius 1 is 1.40 bits per heavy atom. The minimum atomic E-state index is 0.582. The summed E-state index contributed by atoms with van der Waals surface area (Å²) in [7, 11) is 0. The standard InChI is InChI=1S/C7H10N2O/c1-2-4-6(3-1)7-8-5-10-9-7/h5-6H,1-4H2. The monoisotopic (exact) mass is 138 g/mol. The van der Waals surface area contributed by atoms with E-state index in [1.807, 2.05) is 0 Å². The zero-order valence-corrected chi connectivity index (χ0v) is 5.79. The summed E-state index contributed by atoms with van der Waals surface area (Å²) in [6, 6.07) is 0. The second-order valence-corrected chi connectivity index (χ2v) is 2.77. The van der Waals surface area contributed by atoms with Crippen molar-refractivity contribution in [1.82, 2.24) is 10.1 Å². The fourth-order valence-corrected chi connectivity index (χ4v) is 1.54.